The molecule has 0 spiro atoms. The normalized spacial score (nSPS) is 18.0. The molecule has 37 heavy (non-hydrogen) atoms. The van der Waals surface area contributed by atoms with E-state index in [4.69, 9.17) is 0 Å². The van der Waals surface area contributed by atoms with Crippen LogP contribution in [0.4, 0.5) is 20.4 Å². The molecule has 9 nitrogen and oxygen atoms in total. The minimum absolute atomic E-state index is 0.136. The van der Waals surface area contributed by atoms with Gasteiger partial charge in [-0.2, -0.15) is 4.98 Å². The van der Waals surface area contributed by atoms with Crippen LogP contribution in [0.15, 0.2) is 47.5 Å². The number of pyridine rings is 1. The van der Waals surface area contributed by atoms with Crippen LogP contribution in [-0.2, 0) is 18.6 Å². The number of halogens is 2. The van der Waals surface area contributed by atoms with Gasteiger partial charge in [0.1, 0.15) is 11.0 Å². The van der Waals surface area contributed by atoms with Gasteiger partial charge in [-0.15, -0.1) is 0 Å². The first kappa shape index (κ1) is 23.7. The van der Waals surface area contributed by atoms with Gasteiger partial charge in [-0.1, -0.05) is 6.07 Å². The van der Waals surface area contributed by atoms with Gasteiger partial charge >= 0.3 is 0 Å². The van der Waals surface area contributed by atoms with Crippen molar-refractivity contribution in [1.82, 2.24) is 29.6 Å². The van der Waals surface area contributed by atoms with E-state index in [0.29, 0.717) is 22.7 Å². The first-order valence-electron chi connectivity index (χ1n) is 12.3. The minimum atomic E-state index is -2.92. The number of fused-ring (bicyclic) bond motifs is 2. The highest BCUT2D eigenvalue weighted by Gasteiger charge is 2.57. The zero-order valence-electron chi connectivity index (χ0n) is 20.5. The third-order valence-corrected chi connectivity index (χ3v) is 7.03. The molecule has 0 bridgehead atoms. The second-order valence-corrected chi connectivity index (χ2v) is 10.2. The average molecular weight is 508 g/mol. The molecule has 2 aliphatic rings. The van der Waals surface area contributed by atoms with Crippen molar-refractivity contribution in [3.05, 3.63) is 69.9 Å². The molecule has 3 N–H and O–H groups in total. The Morgan fingerprint density at radius 2 is 1.95 bits per heavy atom. The van der Waals surface area contributed by atoms with Crippen LogP contribution >= 0.6 is 0 Å². The van der Waals surface area contributed by atoms with Crippen LogP contribution in [-0.4, -0.2) is 41.9 Å². The Labute approximate surface area is 211 Å². The number of rotatable bonds is 5. The average Bonchev–Trinajstić information content (AvgIpc) is 3.14. The summed E-state index contributed by atoms with van der Waals surface area (Å²) in [5, 5.41) is 17.6. The minimum Gasteiger partial charge on any atom is -0.383 e. The predicted molar refractivity (Wildman–Crippen MR) is 135 cm³/mol. The van der Waals surface area contributed by atoms with Crippen molar-refractivity contribution in [3.63, 3.8) is 0 Å². The molecule has 0 saturated heterocycles. The maximum Gasteiger partial charge on any atom is 0.278 e. The molecule has 1 aliphatic heterocycles. The molecule has 1 saturated carbocycles. The topological polar surface area (TPSA) is 110 Å². The molecule has 0 radical (unpaired) electrons. The predicted octanol–water partition coefficient (Wildman–Crippen LogP) is 3.56. The number of aliphatic hydroxyl groups is 1. The van der Waals surface area contributed by atoms with E-state index in [0.717, 1.165) is 25.2 Å². The van der Waals surface area contributed by atoms with Gasteiger partial charge in [-0.25, -0.2) is 23.1 Å². The van der Waals surface area contributed by atoms with Crippen LogP contribution in [0.25, 0.3) is 16.7 Å². The van der Waals surface area contributed by atoms with Gasteiger partial charge in [-0.05, 0) is 62.2 Å². The van der Waals surface area contributed by atoms with Crippen LogP contribution < -0.4 is 16.2 Å². The molecule has 6 rings (SSSR count). The number of nitrogens with zero attached hydrogens (tertiary/aromatic N) is 5. The Bertz CT molecular complexity index is 1570. The zero-order chi connectivity index (χ0) is 25.9. The lowest BCUT2D eigenvalue weighted by molar-refractivity contribution is -0.212. The monoisotopic (exact) mass is 507 g/mol. The summed E-state index contributed by atoms with van der Waals surface area (Å²) in [6.45, 7) is 5.50. The Morgan fingerprint density at radius 1 is 1.14 bits per heavy atom. The zero-order valence-corrected chi connectivity index (χ0v) is 20.5. The van der Waals surface area contributed by atoms with E-state index in [9.17, 15) is 18.7 Å². The first-order valence-corrected chi connectivity index (χ1v) is 12.3. The number of anilines is 2. The number of hydrogen-bond donors (Lipinski definition) is 3. The lowest BCUT2D eigenvalue weighted by Crippen LogP contribution is -2.49. The van der Waals surface area contributed by atoms with Gasteiger partial charge in [0.15, 0.2) is 5.65 Å². The van der Waals surface area contributed by atoms with E-state index in [2.05, 4.69) is 37.7 Å². The van der Waals surface area contributed by atoms with Crippen molar-refractivity contribution in [2.24, 2.45) is 0 Å². The van der Waals surface area contributed by atoms with Gasteiger partial charge in [0, 0.05) is 43.5 Å². The van der Waals surface area contributed by atoms with Crippen molar-refractivity contribution in [3.8, 4) is 5.69 Å². The maximum absolute atomic E-state index is 13.6. The molecular formula is C26H27F2N7O2. The van der Waals surface area contributed by atoms with Crippen molar-refractivity contribution >= 4 is 22.7 Å². The molecule has 1 fully saturated rings. The summed E-state index contributed by atoms with van der Waals surface area (Å²) in [7, 11) is 0. The Kier molecular flexibility index (Phi) is 5.39. The molecule has 1 aromatic carbocycles. The van der Waals surface area contributed by atoms with Crippen molar-refractivity contribution in [1.29, 1.82) is 0 Å². The van der Waals surface area contributed by atoms with Crippen molar-refractivity contribution in [2.45, 2.75) is 57.2 Å². The highest BCUT2D eigenvalue weighted by atomic mass is 19.3. The molecule has 0 amide bonds. The number of benzene rings is 1. The second kappa shape index (κ2) is 8.42. The SMILES string of the molecule is CC(C)n1c(=O)c2cnc(Nc3ccc4c(c3)CCNC4)nc2n1-c1ccnc(C2(O)CC(F)(F)C2)c1. The van der Waals surface area contributed by atoms with Gasteiger partial charge < -0.3 is 15.7 Å². The summed E-state index contributed by atoms with van der Waals surface area (Å²) in [5.41, 5.74) is 2.36. The van der Waals surface area contributed by atoms with E-state index in [-0.39, 0.29) is 17.3 Å². The van der Waals surface area contributed by atoms with Crippen molar-refractivity contribution < 1.29 is 13.9 Å². The lowest BCUT2D eigenvalue weighted by Gasteiger charge is -2.42. The standard InChI is InChI=1S/C26H27F2N7O2/c1-15(2)34-23(36)20-12-31-24(32-18-4-3-17-11-29-7-5-16(17)9-18)33-22(20)35(34)19-6-8-30-21(10-19)25(37)13-26(27,28)14-25/h3-4,6,8-10,12,15,29,37H,5,7,11,13-14H2,1-2H3,(H,31,32,33). The summed E-state index contributed by atoms with van der Waals surface area (Å²) in [4.78, 5) is 26.5. The fourth-order valence-electron chi connectivity index (χ4n) is 5.25. The van der Waals surface area contributed by atoms with E-state index in [1.165, 1.54) is 28.2 Å². The molecule has 0 atom stereocenters. The molecule has 4 aromatic rings. The third kappa shape index (κ3) is 4.08. The maximum atomic E-state index is 13.6. The highest BCUT2D eigenvalue weighted by Crippen LogP contribution is 2.51. The molecule has 3 aromatic heterocycles. The molecular weight excluding hydrogens is 480 g/mol. The van der Waals surface area contributed by atoms with Gasteiger partial charge in [0.25, 0.3) is 11.5 Å². The lowest BCUT2D eigenvalue weighted by atomic mass is 9.74. The Hall–Kier alpha value is -3.70. The van der Waals surface area contributed by atoms with Crippen LogP contribution in [0.2, 0.25) is 0 Å². The summed E-state index contributed by atoms with van der Waals surface area (Å²) in [5.74, 6) is -2.60. The third-order valence-electron chi connectivity index (χ3n) is 7.03. The second-order valence-electron chi connectivity index (χ2n) is 10.2. The Morgan fingerprint density at radius 3 is 2.70 bits per heavy atom. The van der Waals surface area contributed by atoms with Crippen LogP contribution in [0.3, 0.4) is 0 Å². The molecule has 11 heteroatoms. The van der Waals surface area contributed by atoms with E-state index >= 15 is 0 Å². The van der Waals surface area contributed by atoms with Gasteiger partial charge in [0.05, 0.1) is 11.4 Å². The number of alkyl halides is 2. The fourth-order valence-corrected chi connectivity index (χ4v) is 5.25. The summed E-state index contributed by atoms with van der Waals surface area (Å²) in [6.07, 6.45) is 2.50. The fraction of sp³-hybridized carbons (Fsp3) is 0.385. The van der Waals surface area contributed by atoms with E-state index in [1.54, 1.807) is 16.8 Å². The van der Waals surface area contributed by atoms with Gasteiger partial charge in [0.2, 0.25) is 5.95 Å². The van der Waals surface area contributed by atoms with E-state index in [1.807, 2.05) is 19.9 Å². The van der Waals surface area contributed by atoms with Crippen molar-refractivity contribution in [2.75, 3.05) is 11.9 Å². The highest BCUT2D eigenvalue weighted by molar-refractivity contribution is 5.77. The number of nitrogens with one attached hydrogen (secondary N) is 2. The molecule has 192 valence electrons. The Balaban J connectivity index is 1.43. The van der Waals surface area contributed by atoms with Crippen LogP contribution in [0.1, 0.15) is 49.6 Å². The molecule has 0 unspecified atom stereocenters. The summed E-state index contributed by atoms with van der Waals surface area (Å²) >= 11 is 0. The molecule has 1 aliphatic carbocycles. The van der Waals surface area contributed by atoms with Crippen LogP contribution in [0, 0.1) is 0 Å². The largest absolute Gasteiger partial charge is 0.383 e. The number of aromatic nitrogens is 5. The molecule has 4 heterocycles. The van der Waals surface area contributed by atoms with Crippen LogP contribution in [0.5, 0.6) is 0 Å². The first-order chi connectivity index (χ1) is 17.6. The number of hydrogen-bond acceptors (Lipinski definition) is 7. The van der Waals surface area contributed by atoms with Gasteiger partial charge in [-0.3, -0.25) is 9.78 Å². The quantitative estimate of drug-likeness (QED) is 0.379. The summed E-state index contributed by atoms with van der Waals surface area (Å²) in [6, 6.07) is 9.09. The summed E-state index contributed by atoms with van der Waals surface area (Å²) < 4.78 is 30.3. The van der Waals surface area contributed by atoms with E-state index < -0.39 is 24.4 Å². The smallest absolute Gasteiger partial charge is 0.278 e.